The van der Waals surface area contributed by atoms with E-state index in [4.69, 9.17) is 0 Å². The minimum atomic E-state index is 0.492. The molecule has 0 atom stereocenters. The van der Waals surface area contributed by atoms with Crippen LogP contribution in [0.25, 0.3) is 0 Å². The van der Waals surface area contributed by atoms with E-state index < -0.39 is 0 Å². The largest absolute Gasteiger partial charge is 0.371 e. The summed E-state index contributed by atoms with van der Waals surface area (Å²) in [6.07, 6.45) is 0.974. The number of nitrogens with zero attached hydrogens (tertiary/aromatic N) is 2. The minimum Gasteiger partial charge on any atom is -0.371 e. The maximum absolute atomic E-state index is 10.6. The Hall–Kier alpha value is -1.51. The monoisotopic (exact) mass is 204 g/mol. The Morgan fingerprint density at radius 2 is 2.20 bits per heavy atom. The lowest BCUT2D eigenvalue weighted by molar-refractivity contribution is -0.106. The summed E-state index contributed by atoms with van der Waals surface area (Å²) in [5, 5.41) is 0. The number of para-hydroxylation sites is 1. The van der Waals surface area contributed by atoms with E-state index in [1.54, 1.807) is 0 Å². The average molecular weight is 204 g/mol. The number of benzene rings is 1. The lowest BCUT2D eigenvalue weighted by Gasteiger charge is -2.37. The van der Waals surface area contributed by atoms with Crippen LogP contribution in [0.4, 0.5) is 11.4 Å². The number of aldehydes is 1. The molecular weight excluding hydrogens is 188 g/mol. The van der Waals surface area contributed by atoms with E-state index in [9.17, 15) is 4.79 Å². The van der Waals surface area contributed by atoms with Crippen LogP contribution in [-0.2, 0) is 4.79 Å². The highest BCUT2D eigenvalue weighted by atomic mass is 16.1. The summed E-state index contributed by atoms with van der Waals surface area (Å²) < 4.78 is 0. The zero-order valence-corrected chi connectivity index (χ0v) is 9.23. The molecule has 0 N–H and O–H groups in total. The van der Waals surface area contributed by atoms with Gasteiger partial charge in [0.15, 0.2) is 0 Å². The zero-order chi connectivity index (χ0) is 10.8. The van der Waals surface area contributed by atoms with E-state index in [0.29, 0.717) is 6.54 Å². The standard InChI is InChI=1S/C12H16N2O/c1-10-4-3-5-11-12(10)14(8-9-15)7-6-13(11)2/h3-5,9H,6-8H2,1-2H3. The van der Waals surface area contributed by atoms with Gasteiger partial charge in [-0.25, -0.2) is 0 Å². The fraction of sp³-hybridized carbons (Fsp3) is 0.417. The van der Waals surface area contributed by atoms with E-state index in [2.05, 4.69) is 42.0 Å². The third-order valence-corrected chi connectivity index (χ3v) is 2.94. The first-order chi connectivity index (χ1) is 7.24. The fourth-order valence-corrected chi connectivity index (χ4v) is 2.14. The van der Waals surface area contributed by atoms with Crippen LogP contribution in [0.2, 0.25) is 0 Å². The second-order valence-electron chi connectivity index (χ2n) is 3.98. The quantitative estimate of drug-likeness (QED) is 0.681. The van der Waals surface area contributed by atoms with Gasteiger partial charge in [0.25, 0.3) is 0 Å². The number of hydrogen-bond acceptors (Lipinski definition) is 3. The predicted octanol–water partition coefficient (Wildman–Crippen LogP) is 1.45. The van der Waals surface area contributed by atoms with Crippen LogP contribution < -0.4 is 9.80 Å². The number of likely N-dealkylation sites (N-methyl/N-ethyl adjacent to an activating group) is 1. The normalized spacial score (nSPS) is 15.1. The van der Waals surface area contributed by atoms with E-state index in [1.165, 1.54) is 16.9 Å². The maximum Gasteiger partial charge on any atom is 0.139 e. The Labute approximate surface area is 90.3 Å². The molecule has 0 aliphatic carbocycles. The summed E-state index contributed by atoms with van der Waals surface area (Å²) in [5.74, 6) is 0. The van der Waals surface area contributed by atoms with E-state index in [1.807, 2.05) is 0 Å². The Kier molecular flexibility index (Phi) is 2.62. The highest BCUT2D eigenvalue weighted by Crippen LogP contribution is 2.34. The Bertz CT molecular complexity index is 376. The van der Waals surface area contributed by atoms with Crippen molar-refractivity contribution in [2.45, 2.75) is 6.92 Å². The van der Waals surface area contributed by atoms with Crippen molar-refractivity contribution in [2.24, 2.45) is 0 Å². The molecule has 0 amide bonds. The Morgan fingerprint density at radius 3 is 2.93 bits per heavy atom. The lowest BCUT2D eigenvalue weighted by atomic mass is 10.1. The van der Waals surface area contributed by atoms with Crippen molar-refractivity contribution in [3.8, 4) is 0 Å². The van der Waals surface area contributed by atoms with Crippen LogP contribution in [-0.4, -0.2) is 33.0 Å². The molecule has 1 aliphatic rings. The molecule has 0 bridgehead atoms. The van der Waals surface area contributed by atoms with Gasteiger partial charge in [-0.3, -0.25) is 0 Å². The van der Waals surface area contributed by atoms with Crippen LogP contribution in [0.5, 0.6) is 0 Å². The van der Waals surface area contributed by atoms with Crippen LogP contribution in [0.3, 0.4) is 0 Å². The molecule has 3 nitrogen and oxygen atoms in total. The van der Waals surface area contributed by atoms with Gasteiger partial charge in [-0.05, 0) is 18.6 Å². The minimum absolute atomic E-state index is 0.492. The molecule has 3 heteroatoms. The van der Waals surface area contributed by atoms with Crippen LogP contribution in [0, 0.1) is 6.92 Å². The van der Waals surface area contributed by atoms with Crippen molar-refractivity contribution in [2.75, 3.05) is 36.5 Å². The van der Waals surface area contributed by atoms with Gasteiger partial charge >= 0.3 is 0 Å². The lowest BCUT2D eigenvalue weighted by Crippen LogP contribution is -2.40. The summed E-state index contributed by atoms with van der Waals surface area (Å²) in [6, 6.07) is 6.27. The maximum atomic E-state index is 10.6. The van der Waals surface area contributed by atoms with Crippen molar-refractivity contribution < 1.29 is 4.79 Å². The molecule has 0 saturated carbocycles. The second kappa shape index (κ2) is 3.93. The van der Waals surface area contributed by atoms with E-state index >= 15 is 0 Å². The highest BCUT2D eigenvalue weighted by molar-refractivity contribution is 5.78. The molecule has 0 spiro atoms. The van der Waals surface area contributed by atoms with Crippen LogP contribution in [0.1, 0.15) is 5.56 Å². The second-order valence-corrected chi connectivity index (χ2v) is 3.98. The first-order valence-corrected chi connectivity index (χ1v) is 5.23. The molecular formula is C12H16N2O. The third kappa shape index (κ3) is 1.69. The number of aryl methyl sites for hydroxylation is 1. The molecule has 80 valence electrons. The molecule has 1 aliphatic heterocycles. The van der Waals surface area contributed by atoms with Crippen molar-refractivity contribution in [1.29, 1.82) is 0 Å². The molecule has 1 aromatic rings. The summed E-state index contributed by atoms with van der Waals surface area (Å²) in [6.45, 7) is 4.48. The first-order valence-electron chi connectivity index (χ1n) is 5.23. The molecule has 0 aromatic heterocycles. The number of rotatable bonds is 2. The highest BCUT2D eigenvalue weighted by Gasteiger charge is 2.20. The summed E-state index contributed by atoms with van der Waals surface area (Å²) in [7, 11) is 2.09. The molecule has 15 heavy (non-hydrogen) atoms. The molecule has 0 fully saturated rings. The third-order valence-electron chi connectivity index (χ3n) is 2.94. The smallest absolute Gasteiger partial charge is 0.139 e. The van der Waals surface area contributed by atoms with Gasteiger partial charge in [-0.15, -0.1) is 0 Å². The molecule has 1 aromatic carbocycles. The van der Waals surface area contributed by atoms with E-state index in [-0.39, 0.29) is 0 Å². The number of carbonyl (C=O) groups is 1. The van der Waals surface area contributed by atoms with Crippen molar-refractivity contribution in [3.63, 3.8) is 0 Å². The summed E-state index contributed by atoms with van der Waals surface area (Å²) in [5.41, 5.74) is 3.67. The zero-order valence-electron chi connectivity index (χ0n) is 9.23. The van der Waals surface area contributed by atoms with Crippen molar-refractivity contribution in [3.05, 3.63) is 23.8 Å². The average Bonchev–Trinajstić information content (AvgIpc) is 2.23. The molecule has 0 unspecified atom stereocenters. The SMILES string of the molecule is Cc1cccc2c1N(CC=O)CCN2C. The number of fused-ring (bicyclic) bond motifs is 1. The predicted molar refractivity (Wildman–Crippen MR) is 62.7 cm³/mol. The van der Waals surface area contributed by atoms with Gasteiger partial charge in [-0.2, -0.15) is 0 Å². The number of carbonyl (C=O) groups excluding carboxylic acids is 1. The summed E-state index contributed by atoms with van der Waals surface area (Å²) in [4.78, 5) is 15.0. The van der Waals surface area contributed by atoms with Gasteiger partial charge in [0.1, 0.15) is 6.29 Å². The van der Waals surface area contributed by atoms with Crippen LogP contribution >= 0.6 is 0 Å². The van der Waals surface area contributed by atoms with Crippen molar-refractivity contribution >= 4 is 17.7 Å². The molecule has 1 heterocycles. The van der Waals surface area contributed by atoms with E-state index in [0.717, 1.165) is 19.4 Å². The molecule has 2 rings (SSSR count). The topological polar surface area (TPSA) is 23.6 Å². The molecule has 0 saturated heterocycles. The van der Waals surface area contributed by atoms with Gasteiger partial charge in [0, 0.05) is 20.1 Å². The Balaban J connectivity index is 2.46. The first kappa shape index (κ1) is 10.0. The fourth-order valence-electron chi connectivity index (χ4n) is 2.14. The van der Waals surface area contributed by atoms with Crippen LogP contribution in [0.15, 0.2) is 18.2 Å². The molecule has 0 radical (unpaired) electrons. The van der Waals surface area contributed by atoms with Gasteiger partial charge < -0.3 is 14.6 Å². The number of hydrogen-bond donors (Lipinski definition) is 0. The Morgan fingerprint density at radius 1 is 1.40 bits per heavy atom. The van der Waals surface area contributed by atoms with Crippen molar-refractivity contribution in [1.82, 2.24) is 0 Å². The van der Waals surface area contributed by atoms with Gasteiger partial charge in [-0.1, -0.05) is 12.1 Å². The van der Waals surface area contributed by atoms with Gasteiger partial charge in [0.2, 0.25) is 0 Å². The van der Waals surface area contributed by atoms with Gasteiger partial charge in [0.05, 0.1) is 17.9 Å². The number of anilines is 2. The summed E-state index contributed by atoms with van der Waals surface area (Å²) >= 11 is 0.